The maximum atomic E-state index is 12.3. The van der Waals surface area contributed by atoms with Gasteiger partial charge in [0.05, 0.1) is 23.4 Å². The summed E-state index contributed by atoms with van der Waals surface area (Å²) >= 11 is 0. The van der Waals surface area contributed by atoms with Gasteiger partial charge in [-0.25, -0.2) is 24.3 Å². The smallest absolute Gasteiger partial charge is 0.428 e. The summed E-state index contributed by atoms with van der Waals surface area (Å²) in [6.45, 7) is 22.4. The molecule has 0 N–H and O–H groups in total. The topological polar surface area (TPSA) is 72.5 Å². The molecule has 28 heavy (non-hydrogen) atoms. The first-order valence-corrected chi connectivity index (χ1v) is 9.91. The van der Waals surface area contributed by atoms with Crippen molar-refractivity contribution in [3.8, 4) is 0 Å². The second-order valence-corrected chi connectivity index (χ2v) is 10.6. The molecular formula is C21H42O7. The summed E-state index contributed by atoms with van der Waals surface area (Å²) in [6.07, 6.45) is -0.325. The zero-order valence-electron chi connectivity index (χ0n) is 19.9. The normalized spacial score (nSPS) is 15.9. The van der Waals surface area contributed by atoms with Crippen LogP contribution in [0.5, 0.6) is 0 Å². The lowest BCUT2D eigenvalue weighted by atomic mass is 10.0. The van der Waals surface area contributed by atoms with Crippen LogP contribution in [-0.4, -0.2) is 40.8 Å². The molecule has 0 radical (unpaired) electrons. The van der Waals surface area contributed by atoms with Crippen LogP contribution < -0.4 is 0 Å². The first-order valence-electron chi connectivity index (χ1n) is 9.91. The Morgan fingerprint density at radius 1 is 0.643 bits per heavy atom. The number of hydrogen-bond acceptors (Lipinski definition) is 7. The Labute approximate surface area is 171 Å². The molecule has 0 spiro atoms. The summed E-state index contributed by atoms with van der Waals surface area (Å²) in [4.78, 5) is 33.7. The fourth-order valence-corrected chi connectivity index (χ4v) is 2.46. The highest BCUT2D eigenvalue weighted by Crippen LogP contribution is 2.25. The zero-order valence-corrected chi connectivity index (χ0v) is 19.9. The molecule has 2 unspecified atom stereocenters. The van der Waals surface area contributed by atoms with Gasteiger partial charge in [-0.2, -0.15) is 0 Å². The Bertz CT molecular complexity index is 430. The van der Waals surface area contributed by atoms with Crippen molar-refractivity contribution in [3.05, 3.63) is 0 Å². The van der Waals surface area contributed by atoms with Crippen molar-refractivity contribution in [1.29, 1.82) is 0 Å². The van der Waals surface area contributed by atoms with E-state index in [-0.39, 0.29) is 12.2 Å². The van der Waals surface area contributed by atoms with Gasteiger partial charge in [0.1, 0.15) is 11.2 Å². The van der Waals surface area contributed by atoms with Gasteiger partial charge < -0.3 is 9.47 Å². The van der Waals surface area contributed by atoms with Gasteiger partial charge in [-0.15, -0.1) is 0 Å². The van der Waals surface area contributed by atoms with E-state index in [1.54, 1.807) is 27.7 Å². The molecule has 2 atom stereocenters. The van der Waals surface area contributed by atoms with Crippen LogP contribution in [0.3, 0.4) is 0 Å². The molecule has 0 aliphatic rings. The molecule has 0 aliphatic heterocycles. The average Bonchev–Trinajstić information content (AvgIpc) is 2.38. The van der Waals surface area contributed by atoms with E-state index in [4.69, 9.17) is 29.0 Å². The minimum Gasteiger partial charge on any atom is -0.428 e. The predicted molar refractivity (Wildman–Crippen MR) is 108 cm³/mol. The van der Waals surface area contributed by atoms with Crippen molar-refractivity contribution < 1.29 is 33.8 Å². The van der Waals surface area contributed by atoms with Crippen LogP contribution >= 0.6 is 0 Å². The van der Waals surface area contributed by atoms with Crippen molar-refractivity contribution in [2.75, 3.05) is 0 Å². The summed E-state index contributed by atoms with van der Waals surface area (Å²) in [5, 5.41) is 0. The summed E-state index contributed by atoms with van der Waals surface area (Å²) in [7, 11) is 0. The average molecular weight is 407 g/mol. The lowest BCUT2D eigenvalue weighted by molar-refractivity contribution is -0.374. The van der Waals surface area contributed by atoms with E-state index < -0.39 is 28.6 Å². The highest BCUT2D eigenvalue weighted by atomic mass is 17.2. The van der Waals surface area contributed by atoms with Gasteiger partial charge in [-0.05, 0) is 83.1 Å². The standard InChI is InChI=1S/C21H42O7/c1-15(25-27-18(3,4)5)13-20(9,10)23-17(22)24-21(11,12)14-16(2)26-28-19(6,7)8/h15-16H,13-14H2,1-12H3. The third-order valence-corrected chi connectivity index (χ3v) is 3.20. The molecule has 0 aromatic carbocycles. The van der Waals surface area contributed by atoms with Gasteiger partial charge in [0.15, 0.2) is 0 Å². The predicted octanol–water partition coefficient (Wildman–Crippen LogP) is 5.75. The molecular weight excluding hydrogens is 364 g/mol. The Hall–Kier alpha value is -0.890. The minimum atomic E-state index is -0.773. The molecule has 0 rings (SSSR count). The van der Waals surface area contributed by atoms with Crippen LogP contribution in [-0.2, 0) is 29.0 Å². The molecule has 0 heterocycles. The maximum Gasteiger partial charge on any atom is 0.509 e. The molecule has 0 fully saturated rings. The van der Waals surface area contributed by atoms with E-state index in [1.807, 2.05) is 55.4 Å². The van der Waals surface area contributed by atoms with Crippen molar-refractivity contribution in [3.63, 3.8) is 0 Å². The van der Waals surface area contributed by atoms with Crippen molar-refractivity contribution in [1.82, 2.24) is 0 Å². The summed E-state index contributed by atoms with van der Waals surface area (Å²) in [5.74, 6) is 0. The first-order chi connectivity index (χ1) is 12.3. The Balaban J connectivity index is 4.51. The van der Waals surface area contributed by atoms with Gasteiger partial charge in [0, 0.05) is 12.8 Å². The zero-order chi connectivity index (χ0) is 22.4. The quantitative estimate of drug-likeness (QED) is 0.260. The van der Waals surface area contributed by atoms with Gasteiger partial charge in [0.25, 0.3) is 0 Å². The van der Waals surface area contributed by atoms with E-state index in [0.717, 1.165) is 0 Å². The summed E-state index contributed by atoms with van der Waals surface area (Å²) in [5.41, 5.74) is -2.36. The van der Waals surface area contributed by atoms with Crippen molar-refractivity contribution >= 4 is 6.16 Å². The lowest BCUT2D eigenvalue weighted by Gasteiger charge is -2.32. The molecule has 0 aliphatic carbocycles. The maximum absolute atomic E-state index is 12.3. The molecule has 0 bridgehead atoms. The summed E-state index contributed by atoms with van der Waals surface area (Å²) in [6, 6.07) is 0. The number of carbonyl (C=O) groups excluding carboxylic acids is 1. The number of ether oxygens (including phenoxy) is 2. The molecule has 0 amide bonds. The minimum absolute atomic E-state index is 0.252. The van der Waals surface area contributed by atoms with Gasteiger partial charge in [0.2, 0.25) is 0 Å². The van der Waals surface area contributed by atoms with Crippen molar-refractivity contribution in [2.24, 2.45) is 0 Å². The van der Waals surface area contributed by atoms with Gasteiger partial charge in [-0.1, -0.05) is 0 Å². The van der Waals surface area contributed by atoms with Crippen LogP contribution in [0.2, 0.25) is 0 Å². The second-order valence-electron chi connectivity index (χ2n) is 10.6. The fourth-order valence-electron chi connectivity index (χ4n) is 2.46. The molecule has 7 nitrogen and oxygen atoms in total. The monoisotopic (exact) mass is 406 g/mol. The Morgan fingerprint density at radius 2 is 0.929 bits per heavy atom. The summed E-state index contributed by atoms with van der Waals surface area (Å²) < 4.78 is 11.0. The van der Waals surface area contributed by atoms with E-state index in [2.05, 4.69) is 0 Å². The molecule has 0 aromatic rings. The highest BCUT2D eigenvalue weighted by molar-refractivity contribution is 5.61. The van der Waals surface area contributed by atoms with Crippen LogP contribution in [0.25, 0.3) is 0 Å². The first kappa shape index (κ1) is 27.1. The molecule has 0 aromatic heterocycles. The molecule has 0 saturated heterocycles. The number of rotatable bonds is 10. The lowest BCUT2D eigenvalue weighted by Crippen LogP contribution is -2.38. The highest BCUT2D eigenvalue weighted by Gasteiger charge is 2.33. The van der Waals surface area contributed by atoms with E-state index in [1.165, 1.54) is 0 Å². The SMILES string of the molecule is CC(CC(C)(C)OC(=O)OC(C)(C)CC(C)OOC(C)(C)C)OOC(C)(C)C. The van der Waals surface area contributed by atoms with Crippen LogP contribution in [0.4, 0.5) is 4.79 Å². The second kappa shape index (κ2) is 10.2. The van der Waals surface area contributed by atoms with Gasteiger partial charge in [-0.3, -0.25) is 0 Å². The number of hydrogen-bond donors (Lipinski definition) is 0. The van der Waals surface area contributed by atoms with Crippen LogP contribution in [0, 0.1) is 0 Å². The van der Waals surface area contributed by atoms with E-state index in [0.29, 0.717) is 12.8 Å². The molecule has 168 valence electrons. The Kier molecular flexibility index (Phi) is 9.91. The molecule has 7 heteroatoms. The molecule has 0 saturated carbocycles. The van der Waals surface area contributed by atoms with Crippen LogP contribution in [0.15, 0.2) is 0 Å². The van der Waals surface area contributed by atoms with Gasteiger partial charge >= 0.3 is 6.16 Å². The third kappa shape index (κ3) is 15.1. The largest absolute Gasteiger partial charge is 0.509 e. The number of carbonyl (C=O) groups is 1. The van der Waals surface area contributed by atoms with E-state index in [9.17, 15) is 4.79 Å². The van der Waals surface area contributed by atoms with Crippen LogP contribution in [0.1, 0.15) is 95.9 Å². The third-order valence-electron chi connectivity index (χ3n) is 3.20. The fraction of sp³-hybridized carbons (Fsp3) is 0.952. The van der Waals surface area contributed by atoms with E-state index >= 15 is 0 Å². The Morgan fingerprint density at radius 3 is 1.18 bits per heavy atom. The van der Waals surface area contributed by atoms with Crippen molar-refractivity contribution in [2.45, 2.75) is 131 Å².